The molecule has 0 aliphatic carbocycles. The highest BCUT2D eigenvalue weighted by Gasteiger charge is 2.20. The summed E-state index contributed by atoms with van der Waals surface area (Å²) in [5, 5.41) is 3.58. The van der Waals surface area contributed by atoms with Crippen LogP contribution in [0, 0.1) is 6.92 Å². The number of nitrogens with two attached hydrogens (primary N) is 1. The molecule has 0 aliphatic heterocycles. The molecule has 0 aliphatic rings. The number of hydrogen-bond donors (Lipinski definition) is 3. The molecule has 4 nitrogen and oxygen atoms in total. The third kappa shape index (κ3) is 1.57. The van der Waals surface area contributed by atoms with Crippen LogP contribution >= 0.6 is 0 Å². The van der Waals surface area contributed by atoms with Crippen LogP contribution in [0.5, 0.6) is 0 Å². The standard InChI is InChI=1S/C12H15N3O/c1-7-10(11(13)12(16)14-2)8-5-3-4-6-9(8)15-7/h3-6,11,15H,13H2,1-2H3,(H,14,16). The summed E-state index contributed by atoms with van der Waals surface area (Å²) in [6.07, 6.45) is 0. The van der Waals surface area contributed by atoms with Crippen LogP contribution < -0.4 is 11.1 Å². The van der Waals surface area contributed by atoms with Gasteiger partial charge >= 0.3 is 0 Å². The van der Waals surface area contributed by atoms with Crippen LogP contribution in [0.1, 0.15) is 17.3 Å². The van der Waals surface area contributed by atoms with Crippen LogP contribution in [0.3, 0.4) is 0 Å². The molecule has 1 unspecified atom stereocenters. The van der Waals surface area contributed by atoms with Gasteiger partial charge in [0.25, 0.3) is 0 Å². The van der Waals surface area contributed by atoms with Crippen molar-refractivity contribution in [1.29, 1.82) is 0 Å². The van der Waals surface area contributed by atoms with E-state index in [2.05, 4.69) is 10.3 Å². The van der Waals surface area contributed by atoms with Gasteiger partial charge < -0.3 is 16.0 Å². The Morgan fingerprint density at radius 3 is 2.81 bits per heavy atom. The Kier molecular flexibility index (Phi) is 2.66. The van der Waals surface area contributed by atoms with E-state index in [-0.39, 0.29) is 5.91 Å². The van der Waals surface area contributed by atoms with Crippen molar-refractivity contribution in [2.24, 2.45) is 5.73 Å². The van der Waals surface area contributed by atoms with Crippen molar-refractivity contribution in [2.45, 2.75) is 13.0 Å². The van der Waals surface area contributed by atoms with Gasteiger partial charge in [-0.2, -0.15) is 0 Å². The highest BCUT2D eigenvalue weighted by Crippen LogP contribution is 2.26. The molecule has 1 aromatic heterocycles. The quantitative estimate of drug-likeness (QED) is 0.707. The number of carbonyl (C=O) groups excluding carboxylic acids is 1. The summed E-state index contributed by atoms with van der Waals surface area (Å²) in [5.41, 5.74) is 8.75. The number of benzene rings is 1. The Balaban J connectivity index is 2.59. The summed E-state index contributed by atoms with van der Waals surface area (Å²) in [6.45, 7) is 1.93. The van der Waals surface area contributed by atoms with Crippen LogP contribution in [-0.2, 0) is 4.79 Å². The van der Waals surface area contributed by atoms with Crippen molar-refractivity contribution >= 4 is 16.8 Å². The van der Waals surface area contributed by atoms with Crippen LogP contribution in [0.25, 0.3) is 10.9 Å². The summed E-state index contributed by atoms with van der Waals surface area (Å²) in [7, 11) is 1.59. The lowest BCUT2D eigenvalue weighted by molar-refractivity contribution is -0.121. The highest BCUT2D eigenvalue weighted by molar-refractivity contribution is 5.92. The molecule has 1 atom stereocenters. The number of carbonyl (C=O) groups is 1. The lowest BCUT2D eigenvalue weighted by atomic mass is 10.0. The molecule has 0 bridgehead atoms. The zero-order chi connectivity index (χ0) is 11.7. The second kappa shape index (κ2) is 3.98. The van der Waals surface area contributed by atoms with E-state index in [1.807, 2.05) is 31.2 Å². The van der Waals surface area contributed by atoms with Gasteiger partial charge in [0.05, 0.1) is 0 Å². The average Bonchev–Trinajstić information content (AvgIpc) is 2.63. The molecule has 1 aromatic carbocycles. The molecule has 2 aromatic rings. The molecule has 4 N–H and O–H groups in total. The van der Waals surface area contributed by atoms with Crippen molar-refractivity contribution in [1.82, 2.24) is 10.3 Å². The molecule has 16 heavy (non-hydrogen) atoms. The molecular weight excluding hydrogens is 202 g/mol. The van der Waals surface area contributed by atoms with Gasteiger partial charge in [-0.15, -0.1) is 0 Å². The molecule has 0 saturated heterocycles. The number of aromatic nitrogens is 1. The van der Waals surface area contributed by atoms with Crippen molar-refractivity contribution < 1.29 is 4.79 Å². The lowest BCUT2D eigenvalue weighted by Crippen LogP contribution is -2.31. The monoisotopic (exact) mass is 217 g/mol. The zero-order valence-electron chi connectivity index (χ0n) is 9.37. The van der Waals surface area contributed by atoms with Gasteiger partial charge in [0.1, 0.15) is 6.04 Å². The van der Waals surface area contributed by atoms with Crippen LogP contribution in [-0.4, -0.2) is 17.9 Å². The minimum Gasteiger partial charge on any atom is -0.358 e. The molecule has 0 fully saturated rings. The minimum atomic E-state index is -0.624. The molecule has 1 amide bonds. The second-order valence-electron chi connectivity index (χ2n) is 3.80. The van der Waals surface area contributed by atoms with E-state index in [9.17, 15) is 4.79 Å². The summed E-state index contributed by atoms with van der Waals surface area (Å²) in [6, 6.07) is 7.21. The van der Waals surface area contributed by atoms with Gasteiger partial charge in [0, 0.05) is 29.2 Å². The summed E-state index contributed by atoms with van der Waals surface area (Å²) in [5.74, 6) is -0.173. The predicted octanol–water partition coefficient (Wildman–Crippen LogP) is 1.22. The first kappa shape index (κ1) is 10.7. The summed E-state index contributed by atoms with van der Waals surface area (Å²) >= 11 is 0. The Morgan fingerprint density at radius 1 is 1.44 bits per heavy atom. The van der Waals surface area contributed by atoms with E-state index in [4.69, 9.17) is 5.73 Å². The van der Waals surface area contributed by atoms with Crippen LogP contribution in [0.15, 0.2) is 24.3 Å². The van der Waals surface area contributed by atoms with Crippen LogP contribution in [0.2, 0.25) is 0 Å². The van der Waals surface area contributed by atoms with E-state index in [0.29, 0.717) is 0 Å². The number of rotatable bonds is 2. The first-order valence-electron chi connectivity index (χ1n) is 5.19. The fourth-order valence-electron chi connectivity index (χ4n) is 1.99. The van der Waals surface area contributed by atoms with E-state index >= 15 is 0 Å². The fraction of sp³-hybridized carbons (Fsp3) is 0.250. The number of amides is 1. The maximum absolute atomic E-state index is 11.6. The molecule has 84 valence electrons. The smallest absolute Gasteiger partial charge is 0.241 e. The molecule has 0 radical (unpaired) electrons. The molecular formula is C12H15N3O. The topological polar surface area (TPSA) is 70.9 Å². The number of aromatic amines is 1. The van der Waals surface area contributed by atoms with Crippen LogP contribution in [0.4, 0.5) is 0 Å². The number of H-pyrrole nitrogens is 1. The molecule has 4 heteroatoms. The largest absolute Gasteiger partial charge is 0.358 e. The number of likely N-dealkylation sites (N-methyl/N-ethyl adjacent to an activating group) is 1. The highest BCUT2D eigenvalue weighted by atomic mass is 16.2. The average molecular weight is 217 g/mol. The first-order chi connectivity index (χ1) is 7.65. The van der Waals surface area contributed by atoms with Crippen molar-refractivity contribution in [2.75, 3.05) is 7.05 Å². The Hall–Kier alpha value is -1.81. The maximum Gasteiger partial charge on any atom is 0.241 e. The van der Waals surface area contributed by atoms with E-state index in [1.165, 1.54) is 0 Å². The molecule has 0 saturated carbocycles. The van der Waals surface area contributed by atoms with E-state index in [0.717, 1.165) is 22.2 Å². The third-order valence-electron chi connectivity index (χ3n) is 2.78. The number of para-hydroxylation sites is 1. The van der Waals surface area contributed by atoms with E-state index < -0.39 is 6.04 Å². The fourth-order valence-corrected chi connectivity index (χ4v) is 1.99. The van der Waals surface area contributed by atoms with Crippen molar-refractivity contribution in [3.8, 4) is 0 Å². The number of aryl methyl sites for hydroxylation is 1. The first-order valence-corrected chi connectivity index (χ1v) is 5.19. The third-order valence-corrected chi connectivity index (χ3v) is 2.78. The van der Waals surface area contributed by atoms with Gasteiger partial charge in [0.15, 0.2) is 0 Å². The van der Waals surface area contributed by atoms with Gasteiger partial charge in [-0.25, -0.2) is 0 Å². The summed E-state index contributed by atoms with van der Waals surface area (Å²) < 4.78 is 0. The number of hydrogen-bond acceptors (Lipinski definition) is 2. The Labute approximate surface area is 93.8 Å². The van der Waals surface area contributed by atoms with Gasteiger partial charge in [-0.3, -0.25) is 4.79 Å². The van der Waals surface area contributed by atoms with E-state index in [1.54, 1.807) is 7.05 Å². The van der Waals surface area contributed by atoms with Crippen molar-refractivity contribution in [3.63, 3.8) is 0 Å². The normalized spacial score (nSPS) is 12.7. The second-order valence-corrected chi connectivity index (χ2v) is 3.80. The lowest BCUT2D eigenvalue weighted by Gasteiger charge is -2.10. The molecule has 1 heterocycles. The van der Waals surface area contributed by atoms with Gasteiger partial charge in [-0.05, 0) is 13.0 Å². The zero-order valence-corrected chi connectivity index (χ0v) is 9.37. The number of nitrogens with one attached hydrogen (secondary N) is 2. The van der Waals surface area contributed by atoms with Crippen molar-refractivity contribution in [3.05, 3.63) is 35.5 Å². The van der Waals surface area contributed by atoms with Gasteiger partial charge in [0.2, 0.25) is 5.91 Å². The van der Waals surface area contributed by atoms with Gasteiger partial charge in [-0.1, -0.05) is 18.2 Å². The molecule has 0 spiro atoms. The predicted molar refractivity (Wildman–Crippen MR) is 64.0 cm³/mol. The number of fused-ring (bicyclic) bond motifs is 1. The molecule has 2 rings (SSSR count). The Morgan fingerprint density at radius 2 is 2.12 bits per heavy atom. The minimum absolute atomic E-state index is 0.173. The Bertz CT molecular complexity index is 530. The maximum atomic E-state index is 11.6. The summed E-state index contributed by atoms with van der Waals surface area (Å²) in [4.78, 5) is 14.8. The SMILES string of the molecule is CNC(=O)C(N)c1c(C)[nH]c2ccccc12.